The van der Waals surface area contributed by atoms with Crippen LogP contribution in [0.2, 0.25) is 0 Å². The van der Waals surface area contributed by atoms with Crippen LogP contribution in [0.3, 0.4) is 0 Å². The molecular formula is C14H15NO4S. The first-order valence-electron chi connectivity index (χ1n) is 5.88. The van der Waals surface area contributed by atoms with E-state index in [1.165, 1.54) is 7.11 Å². The SMILES string of the molecule is COc1ccc(Oc2ccccc2)c(CS(N)(=O)=O)c1. The van der Waals surface area contributed by atoms with Gasteiger partial charge in [0.05, 0.1) is 12.9 Å². The highest BCUT2D eigenvalue weighted by Gasteiger charge is 2.13. The molecule has 2 aromatic carbocycles. The largest absolute Gasteiger partial charge is 0.497 e. The number of hydrogen-bond acceptors (Lipinski definition) is 4. The molecule has 20 heavy (non-hydrogen) atoms. The van der Waals surface area contributed by atoms with Crippen molar-refractivity contribution in [1.82, 2.24) is 0 Å². The van der Waals surface area contributed by atoms with E-state index in [1.807, 2.05) is 18.2 Å². The van der Waals surface area contributed by atoms with E-state index in [-0.39, 0.29) is 5.75 Å². The summed E-state index contributed by atoms with van der Waals surface area (Å²) in [6, 6.07) is 14.1. The van der Waals surface area contributed by atoms with Gasteiger partial charge < -0.3 is 9.47 Å². The van der Waals surface area contributed by atoms with Crippen LogP contribution in [0.25, 0.3) is 0 Å². The van der Waals surface area contributed by atoms with Crippen LogP contribution in [0.1, 0.15) is 5.56 Å². The molecule has 6 heteroatoms. The summed E-state index contributed by atoms with van der Waals surface area (Å²) in [5.74, 6) is 1.29. The summed E-state index contributed by atoms with van der Waals surface area (Å²) in [6.07, 6.45) is 0. The van der Waals surface area contributed by atoms with Crippen LogP contribution in [0.5, 0.6) is 17.2 Å². The van der Waals surface area contributed by atoms with Crippen molar-refractivity contribution in [3.63, 3.8) is 0 Å². The lowest BCUT2D eigenvalue weighted by Gasteiger charge is -2.12. The highest BCUT2D eigenvalue weighted by atomic mass is 32.2. The van der Waals surface area contributed by atoms with E-state index in [4.69, 9.17) is 14.6 Å². The molecule has 0 aliphatic heterocycles. The van der Waals surface area contributed by atoms with Crippen molar-refractivity contribution < 1.29 is 17.9 Å². The van der Waals surface area contributed by atoms with Crippen molar-refractivity contribution in [2.24, 2.45) is 5.14 Å². The molecule has 2 N–H and O–H groups in total. The Labute approximate surface area is 118 Å². The zero-order valence-electron chi connectivity index (χ0n) is 10.9. The molecule has 5 nitrogen and oxygen atoms in total. The summed E-state index contributed by atoms with van der Waals surface area (Å²) < 4.78 is 33.3. The summed E-state index contributed by atoms with van der Waals surface area (Å²) >= 11 is 0. The first-order valence-corrected chi connectivity index (χ1v) is 7.60. The maximum absolute atomic E-state index is 11.3. The number of nitrogens with two attached hydrogens (primary N) is 1. The molecule has 0 aliphatic carbocycles. The average Bonchev–Trinajstić information content (AvgIpc) is 2.40. The predicted octanol–water partition coefficient (Wildman–Crippen LogP) is 2.28. The van der Waals surface area contributed by atoms with Crippen molar-refractivity contribution >= 4 is 10.0 Å². The van der Waals surface area contributed by atoms with Crippen LogP contribution in [0.15, 0.2) is 48.5 Å². The number of hydrogen-bond donors (Lipinski definition) is 1. The molecule has 0 heterocycles. The van der Waals surface area contributed by atoms with E-state index in [0.29, 0.717) is 22.8 Å². The van der Waals surface area contributed by atoms with E-state index >= 15 is 0 Å². The number of benzene rings is 2. The van der Waals surface area contributed by atoms with Gasteiger partial charge in [-0.3, -0.25) is 0 Å². The zero-order chi connectivity index (χ0) is 14.6. The van der Waals surface area contributed by atoms with Crippen LogP contribution in [-0.2, 0) is 15.8 Å². The van der Waals surface area contributed by atoms with Crippen molar-refractivity contribution in [2.75, 3.05) is 7.11 Å². The monoisotopic (exact) mass is 293 g/mol. The molecule has 0 fully saturated rings. The van der Waals surface area contributed by atoms with Gasteiger partial charge in [-0.2, -0.15) is 0 Å². The standard InChI is InChI=1S/C14H15NO4S/c1-18-13-7-8-14(11(9-13)10-20(15,16)17)19-12-5-3-2-4-6-12/h2-9H,10H2,1H3,(H2,15,16,17). The number of ether oxygens (including phenoxy) is 2. The van der Waals surface area contributed by atoms with Crippen molar-refractivity contribution in [2.45, 2.75) is 5.75 Å². The Morgan fingerprint density at radius 3 is 2.35 bits per heavy atom. The van der Waals surface area contributed by atoms with Crippen molar-refractivity contribution in [1.29, 1.82) is 0 Å². The Morgan fingerprint density at radius 2 is 1.75 bits per heavy atom. The minimum absolute atomic E-state index is 0.313. The third-order valence-electron chi connectivity index (χ3n) is 2.60. The predicted molar refractivity (Wildman–Crippen MR) is 76.3 cm³/mol. The maximum atomic E-state index is 11.3. The fourth-order valence-corrected chi connectivity index (χ4v) is 2.39. The summed E-state index contributed by atoms with van der Waals surface area (Å²) in [4.78, 5) is 0. The normalized spacial score (nSPS) is 11.1. The summed E-state index contributed by atoms with van der Waals surface area (Å²) in [5, 5.41) is 5.10. The molecule has 0 saturated heterocycles. The minimum Gasteiger partial charge on any atom is -0.497 e. The van der Waals surface area contributed by atoms with E-state index < -0.39 is 10.0 Å². The first kappa shape index (κ1) is 14.4. The smallest absolute Gasteiger partial charge is 0.213 e. The quantitative estimate of drug-likeness (QED) is 0.917. The lowest BCUT2D eigenvalue weighted by Crippen LogP contribution is -2.15. The molecule has 106 valence electrons. The summed E-state index contributed by atoms with van der Waals surface area (Å²) in [7, 11) is -2.14. The fourth-order valence-electron chi connectivity index (χ4n) is 1.73. The Hall–Kier alpha value is -2.05. The second-order valence-corrected chi connectivity index (χ2v) is 5.81. The van der Waals surface area contributed by atoms with Gasteiger partial charge in [0, 0.05) is 5.56 Å². The molecule has 0 aromatic heterocycles. The van der Waals surface area contributed by atoms with E-state index in [1.54, 1.807) is 30.3 Å². The van der Waals surface area contributed by atoms with Gasteiger partial charge in [0.1, 0.15) is 17.2 Å². The van der Waals surface area contributed by atoms with Crippen molar-refractivity contribution in [3.05, 3.63) is 54.1 Å². The molecule has 0 spiro atoms. The van der Waals surface area contributed by atoms with Gasteiger partial charge in [-0.25, -0.2) is 13.6 Å². The van der Waals surface area contributed by atoms with Crippen LogP contribution < -0.4 is 14.6 Å². The second kappa shape index (κ2) is 5.94. The van der Waals surface area contributed by atoms with Gasteiger partial charge in [-0.05, 0) is 30.3 Å². The van der Waals surface area contributed by atoms with Gasteiger partial charge >= 0.3 is 0 Å². The third-order valence-corrected chi connectivity index (χ3v) is 3.31. The summed E-state index contributed by atoms with van der Waals surface area (Å²) in [6.45, 7) is 0. The molecule has 0 amide bonds. The molecule has 0 bridgehead atoms. The summed E-state index contributed by atoms with van der Waals surface area (Å²) in [5.41, 5.74) is 0.454. The minimum atomic E-state index is -3.65. The average molecular weight is 293 g/mol. The topological polar surface area (TPSA) is 78.6 Å². The van der Waals surface area contributed by atoms with Gasteiger partial charge in [0.25, 0.3) is 0 Å². The molecular weight excluding hydrogens is 278 g/mol. The van der Waals surface area contributed by atoms with E-state index in [2.05, 4.69) is 0 Å². The third kappa shape index (κ3) is 3.97. The number of sulfonamides is 1. The Bertz CT molecular complexity index is 684. The van der Waals surface area contributed by atoms with E-state index in [0.717, 1.165) is 0 Å². The molecule has 0 aliphatic rings. The highest BCUT2D eigenvalue weighted by Crippen LogP contribution is 2.29. The second-order valence-electron chi connectivity index (χ2n) is 4.20. The molecule has 0 radical (unpaired) electrons. The number of methoxy groups -OCH3 is 1. The number of rotatable bonds is 5. The Balaban J connectivity index is 2.36. The van der Waals surface area contributed by atoms with Crippen LogP contribution >= 0.6 is 0 Å². The first-order chi connectivity index (χ1) is 9.48. The highest BCUT2D eigenvalue weighted by molar-refractivity contribution is 7.88. The van der Waals surface area contributed by atoms with Crippen LogP contribution in [-0.4, -0.2) is 15.5 Å². The van der Waals surface area contributed by atoms with Gasteiger partial charge in [-0.15, -0.1) is 0 Å². The maximum Gasteiger partial charge on any atom is 0.213 e. The molecule has 2 aromatic rings. The number of primary sulfonamides is 1. The van der Waals surface area contributed by atoms with Gasteiger partial charge in [0.15, 0.2) is 0 Å². The van der Waals surface area contributed by atoms with Gasteiger partial charge in [-0.1, -0.05) is 18.2 Å². The Morgan fingerprint density at radius 1 is 1.05 bits per heavy atom. The van der Waals surface area contributed by atoms with Crippen molar-refractivity contribution in [3.8, 4) is 17.2 Å². The molecule has 0 atom stereocenters. The van der Waals surface area contributed by atoms with Crippen LogP contribution in [0, 0.1) is 0 Å². The fraction of sp³-hybridized carbons (Fsp3) is 0.143. The lowest BCUT2D eigenvalue weighted by molar-refractivity contribution is 0.412. The lowest BCUT2D eigenvalue weighted by atomic mass is 10.2. The molecule has 0 saturated carbocycles. The zero-order valence-corrected chi connectivity index (χ0v) is 11.8. The Kier molecular flexibility index (Phi) is 4.26. The number of para-hydroxylation sites is 1. The van der Waals surface area contributed by atoms with E-state index in [9.17, 15) is 8.42 Å². The molecule has 0 unspecified atom stereocenters. The molecule has 2 rings (SSSR count). The van der Waals surface area contributed by atoms with Crippen LogP contribution in [0.4, 0.5) is 0 Å². The van der Waals surface area contributed by atoms with Gasteiger partial charge in [0.2, 0.25) is 10.0 Å².